The zero-order valence-electron chi connectivity index (χ0n) is 7.39. The number of rotatable bonds is 1. The van der Waals surface area contributed by atoms with Crippen LogP contribution in [-0.2, 0) is 0 Å². The van der Waals surface area contributed by atoms with Crippen LogP contribution in [0.2, 0.25) is 5.02 Å². The van der Waals surface area contributed by atoms with Crippen LogP contribution in [0.4, 0.5) is 0 Å². The molecular formula is C11H9ClOS. The van der Waals surface area contributed by atoms with Crippen LogP contribution < -0.4 is 0 Å². The number of thiophene rings is 1. The van der Waals surface area contributed by atoms with E-state index in [0.29, 0.717) is 10.6 Å². The van der Waals surface area contributed by atoms with Crippen molar-refractivity contribution < 1.29 is 4.79 Å². The highest BCUT2D eigenvalue weighted by Crippen LogP contribution is 2.11. The van der Waals surface area contributed by atoms with E-state index in [1.54, 1.807) is 35.6 Å². The summed E-state index contributed by atoms with van der Waals surface area (Å²) in [5, 5.41) is 4.59. The fourth-order valence-corrected chi connectivity index (χ4v) is 1.43. The molecule has 0 saturated carbocycles. The van der Waals surface area contributed by atoms with Crippen molar-refractivity contribution in [3.05, 3.63) is 57.7 Å². The lowest BCUT2D eigenvalue weighted by Crippen LogP contribution is -1.77. The van der Waals surface area contributed by atoms with Gasteiger partial charge in [-0.15, -0.1) is 0 Å². The molecule has 0 aliphatic carbocycles. The smallest absolute Gasteiger partial charge is 0.151 e. The molecule has 0 aliphatic heterocycles. The summed E-state index contributed by atoms with van der Waals surface area (Å²) in [4.78, 5) is 10.1. The second-order valence-electron chi connectivity index (χ2n) is 2.43. The number of hydrogen-bond acceptors (Lipinski definition) is 2. The molecule has 1 aromatic carbocycles. The third-order valence-electron chi connectivity index (χ3n) is 1.46. The van der Waals surface area contributed by atoms with E-state index >= 15 is 0 Å². The minimum Gasteiger partial charge on any atom is -0.298 e. The first-order valence-corrected chi connectivity index (χ1v) is 5.33. The first-order chi connectivity index (χ1) is 6.84. The number of halogens is 1. The van der Waals surface area contributed by atoms with Crippen LogP contribution in [-0.4, -0.2) is 6.29 Å². The number of hydrogen-bond donors (Lipinski definition) is 0. The van der Waals surface area contributed by atoms with Crippen LogP contribution in [0.25, 0.3) is 0 Å². The van der Waals surface area contributed by atoms with Crippen LogP contribution in [0.3, 0.4) is 0 Å². The van der Waals surface area contributed by atoms with E-state index in [1.807, 2.05) is 22.9 Å². The fourth-order valence-electron chi connectivity index (χ4n) is 0.797. The Balaban J connectivity index is 0.000000165. The Morgan fingerprint density at radius 1 is 1.07 bits per heavy atom. The molecule has 0 amide bonds. The lowest BCUT2D eigenvalue weighted by atomic mass is 10.2. The molecule has 0 spiro atoms. The number of carbonyl (C=O) groups is 1. The van der Waals surface area contributed by atoms with Crippen molar-refractivity contribution in [3.63, 3.8) is 0 Å². The predicted molar refractivity (Wildman–Crippen MR) is 61.2 cm³/mol. The minimum absolute atomic E-state index is 0.507. The standard InChI is InChI=1S/C7H5ClO.C4H4S/c8-7-4-2-1-3-6(7)5-9;1-2-4-5-3-1/h1-5H;1-4H. The van der Waals surface area contributed by atoms with Crippen molar-refractivity contribution in [1.82, 2.24) is 0 Å². The van der Waals surface area contributed by atoms with Gasteiger partial charge in [-0.3, -0.25) is 4.79 Å². The first-order valence-electron chi connectivity index (χ1n) is 4.01. The van der Waals surface area contributed by atoms with Gasteiger partial charge in [-0.05, 0) is 16.8 Å². The van der Waals surface area contributed by atoms with Gasteiger partial charge in [0.05, 0.1) is 5.02 Å². The van der Waals surface area contributed by atoms with Gasteiger partial charge in [0, 0.05) is 5.56 Å². The Bertz CT molecular complexity index is 353. The zero-order valence-corrected chi connectivity index (χ0v) is 8.96. The minimum atomic E-state index is 0.507. The van der Waals surface area contributed by atoms with Crippen molar-refractivity contribution in [3.8, 4) is 0 Å². The molecule has 0 saturated heterocycles. The molecule has 14 heavy (non-hydrogen) atoms. The van der Waals surface area contributed by atoms with E-state index < -0.39 is 0 Å². The van der Waals surface area contributed by atoms with Crippen LogP contribution >= 0.6 is 22.9 Å². The molecule has 2 rings (SSSR count). The van der Waals surface area contributed by atoms with Crippen molar-refractivity contribution in [1.29, 1.82) is 0 Å². The molecule has 0 fully saturated rings. The average Bonchev–Trinajstić information content (AvgIpc) is 2.76. The van der Waals surface area contributed by atoms with E-state index in [2.05, 4.69) is 0 Å². The first kappa shape index (κ1) is 11.0. The normalized spacial score (nSPS) is 8.64. The van der Waals surface area contributed by atoms with Crippen molar-refractivity contribution >= 4 is 29.2 Å². The van der Waals surface area contributed by atoms with E-state index in [0.717, 1.165) is 6.29 Å². The zero-order chi connectivity index (χ0) is 10.2. The summed E-state index contributed by atoms with van der Waals surface area (Å²) in [5.41, 5.74) is 0.541. The van der Waals surface area contributed by atoms with E-state index in [-0.39, 0.29) is 0 Å². The Kier molecular flexibility index (Phi) is 4.97. The fraction of sp³-hybridized carbons (Fsp3) is 0. The molecule has 0 aliphatic rings. The van der Waals surface area contributed by atoms with Gasteiger partial charge in [-0.1, -0.05) is 41.9 Å². The highest BCUT2D eigenvalue weighted by molar-refractivity contribution is 7.07. The van der Waals surface area contributed by atoms with Crippen molar-refractivity contribution in [2.45, 2.75) is 0 Å². The van der Waals surface area contributed by atoms with Gasteiger partial charge in [-0.25, -0.2) is 0 Å². The summed E-state index contributed by atoms with van der Waals surface area (Å²) >= 11 is 7.31. The molecule has 1 nitrogen and oxygen atoms in total. The molecule has 0 unspecified atom stereocenters. The van der Waals surface area contributed by atoms with E-state index in [4.69, 9.17) is 11.6 Å². The maximum Gasteiger partial charge on any atom is 0.151 e. The average molecular weight is 225 g/mol. The monoisotopic (exact) mass is 224 g/mol. The third kappa shape index (κ3) is 3.73. The molecule has 2 aromatic rings. The highest BCUT2D eigenvalue weighted by Gasteiger charge is 1.92. The quantitative estimate of drug-likeness (QED) is 0.672. The van der Waals surface area contributed by atoms with Crippen LogP contribution in [0.5, 0.6) is 0 Å². The summed E-state index contributed by atoms with van der Waals surface area (Å²) in [6.07, 6.45) is 0.738. The van der Waals surface area contributed by atoms with Gasteiger partial charge in [0.1, 0.15) is 0 Å². The van der Waals surface area contributed by atoms with Gasteiger partial charge in [0.25, 0.3) is 0 Å². The molecule has 1 aromatic heterocycles. The highest BCUT2D eigenvalue weighted by atomic mass is 35.5. The van der Waals surface area contributed by atoms with Crippen molar-refractivity contribution in [2.75, 3.05) is 0 Å². The molecule has 1 heterocycles. The van der Waals surface area contributed by atoms with Gasteiger partial charge in [-0.2, -0.15) is 11.3 Å². The summed E-state index contributed by atoms with van der Waals surface area (Å²) in [6, 6.07) is 11.0. The number of aldehydes is 1. The van der Waals surface area contributed by atoms with Crippen molar-refractivity contribution in [2.24, 2.45) is 0 Å². The van der Waals surface area contributed by atoms with Gasteiger partial charge in [0.2, 0.25) is 0 Å². The molecule has 3 heteroatoms. The second-order valence-corrected chi connectivity index (χ2v) is 3.66. The molecule has 0 atom stereocenters. The summed E-state index contributed by atoms with van der Waals surface area (Å²) in [7, 11) is 0. The second kappa shape index (κ2) is 6.35. The third-order valence-corrected chi connectivity index (χ3v) is 2.43. The maximum absolute atomic E-state index is 10.1. The Morgan fingerprint density at radius 3 is 2.07 bits per heavy atom. The van der Waals surface area contributed by atoms with Gasteiger partial charge in [0.15, 0.2) is 6.29 Å². The molecule has 0 N–H and O–H groups in total. The van der Waals surface area contributed by atoms with E-state index in [1.165, 1.54) is 0 Å². The number of carbonyl (C=O) groups excluding carboxylic acids is 1. The Hall–Kier alpha value is -1.12. The molecule has 0 bridgehead atoms. The largest absolute Gasteiger partial charge is 0.298 e. The molecule has 0 radical (unpaired) electrons. The lowest BCUT2D eigenvalue weighted by molar-refractivity contribution is 0.112. The van der Waals surface area contributed by atoms with Crippen LogP contribution in [0.15, 0.2) is 47.2 Å². The predicted octanol–water partition coefficient (Wildman–Crippen LogP) is 3.90. The van der Waals surface area contributed by atoms with Gasteiger partial charge >= 0.3 is 0 Å². The topological polar surface area (TPSA) is 17.1 Å². The SMILES string of the molecule is O=Cc1ccccc1Cl.c1ccsc1. The van der Waals surface area contributed by atoms with Crippen LogP contribution in [0, 0.1) is 0 Å². The Morgan fingerprint density at radius 2 is 1.71 bits per heavy atom. The summed E-state index contributed by atoms with van der Waals surface area (Å²) < 4.78 is 0. The molecule has 72 valence electrons. The molecular weight excluding hydrogens is 216 g/mol. The lowest BCUT2D eigenvalue weighted by Gasteiger charge is -1.90. The van der Waals surface area contributed by atoms with Gasteiger partial charge < -0.3 is 0 Å². The summed E-state index contributed by atoms with van der Waals surface area (Å²) in [6.45, 7) is 0. The maximum atomic E-state index is 10.1. The summed E-state index contributed by atoms with van der Waals surface area (Å²) in [5.74, 6) is 0. The van der Waals surface area contributed by atoms with Crippen LogP contribution in [0.1, 0.15) is 10.4 Å². The Labute approximate surface area is 92.0 Å². The van der Waals surface area contributed by atoms with E-state index in [9.17, 15) is 4.79 Å². The number of benzene rings is 1.